The first kappa shape index (κ1) is 19.8. The van der Waals surface area contributed by atoms with Crippen molar-refractivity contribution in [1.82, 2.24) is 0 Å². The topological polar surface area (TPSA) is 199 Å². The molecule has 0 saturated carbocycles. The number of aliphatic hydroxyl groups is 7. The molecular formula is C12H22O12. The highest BCUT2D eigenvalue weighted by molar-refractivity contribution is 4.93. The molecule has 0 amide bonds. The van der Waals surface area contributed by atoms with E-state index in [1.54, 1.807) is 0 Å². The van der Waals surface area contributed by atoms with Crippen molar-refractivity contribution in [1.29, 1.82) is 0 Å². The summed E-state index contributed by atoms with van der Waals surface area (Å²) in [5.74, 6) is 0. The predicted octanol–water partition coefficient (Wildman–Crippen LogP) is -4.90. The van der Waals surface area contributed by atoms with Crippen molar-refractivity contribution in [3.63, 3.8) is 0 Å². The summed E-state index contributed by atoms with van der Waals surface area (Å²) in [5, 5.41) is 76.1. The van der Waals surface area contributed by atoms with Crippen molar-refractivity contribution in [2.45, 2.75) is 61.4 Å². The molecule has 0 radical (unpaired) electrons. The summed E-state index contributed by atoms with van der Waals surface area (Å²) in [5.41, 5.74) is 0. The van der Waals surface area contributed by atoms with Crippen molar-refractivity contribution >= 4 is 0 Å². The Morgan fingerprint density at radius 2 is 1.33 bits per heavy atom. The lowest BCUT2D eigenvalue weighted by molar-refractivity contribution is -0.393. The van der Waals surface area contributed by atoms with Gasteiger partial charge in [0.25, 0.3) is 0 Å². The first-order valence-corrected chi connectivity index (χ1v) is 7.24. The zero-order valence-electron chi connectivity index (χ0n) is 12.4. The third-order valence-electron chi connectivity index (χ3n) is 4.07. The monoisotopic (exact) mass is 358 g/mol. The molecule has 0 unspecified atom stereocenters. The van der Waals surface area contributed by atoms with Crippen molar-refractivity contribution in [3.05, 3.63) is 0 Å². The lowest BCUT2D eigenvalue weighted by Gasteiger charge is -2.45. The van der Waals surface area contributed by atoms with Crippen LogP contribution in [0.1, 0.15) is 0 Å². The Balaban J connectivity index is 2.14. The van der Waals surface area contributed by atoms with E-state index in [9.17, 15) is 30.6 Å². The van der Waals surface area contributed by atoms with Gasteiger partial charge in [-0.15, -0.1) is 0 Å². The SMILES string of the molecule is OC[C@H]1O[C@H](O[C@H]2[C@H](O)[C@@H](O)[C@H](O)O[C@@H]2CO)[C@H](O)[C@@H](OO)[C@@H]1O. The normalized spacial score (nSPS) is 50.0. The van der Waals surface area contributed by atoms with Crippen molar-refractivity contribution < 1.29 is 60.1 Å². The average Bonchev–Trinajstić information content (AvgIpc) is 2.57. The molecule has 12 nitrogen and oxygen atoms in total. The maximum atomic E-state index is 10.0. The molecule has 0 bridgehead atoms. The van der Waals surface area contributed by atoms with E-state index in [1.807, 2.05) is 0 Å². The van der Waals surface area contributed by atoms with Gasteiger partial charge in [-0.25, -0.2) is 4.89 Å². The van der Waals surface area contributed by atoms with Gasteiger partial charge < -0.3 is 50.0 Å². The molecule has 0 aromatic carbocycles. The summed E-state index contributed by atoms with van der Waals surface area (Å²) < 4.78 is 15.3. The summed E-state index contributed by atoms with van der Waals surface area (Å²) in [6.45, 7) is -1.39. The molecule has 10 atom stereocenters. The summed E-state index contributed by atoms with van der Waals surface area (Å²) in [6, 6.07) is 0. The number of ether oxygens (including phenoxy) is 3. The van der Waals surface area contributed by atoms with Gasteiger partial charge in [-0.2, -0.15) is 0 Å². The molecule has 2 rings (SSSR count). The van der Waals surface area contributed by atoms with Crippen molar-refractivity contribution in [2.24, 2.45) is 0 Å². The van der Waals surface area contributed by atoms with Gasteiger partial charge in [0.05, 0.1) is 13.2 Å². The summed E-state index contributed by atoms with van der Waals surface area (Å²) >= 11 is 0. The van der Waals surface area contributed by atoms with Crippen molar-refractivity contribution in [2.75, 3.05) is 13.2 Å². The van der Waals surface area contributed by atoms with Crippen LogP contribution in [0.25, 0.3) is 0 Å². The van der Waals surface area contributed by atoms with Crippen LogP contribution >= 0.6 is 0 Å². The molecular weight excluding hydrogens is 336 g/mol. The van der Waals surface area contributed by atoms with E-state index in [4.69, 9.17) is 24.6 Å². The van der Waals surface area contributed by atoms with Gasteiger partial charge in [0.15, 0.2) is 18.7 Å². The van der Waals surface area contributed by atoms with Gasteiger partial charge in [0.1, 0.15) is 42.7 Å². The lowest BCUT2D eigenvalue weighted by Crippen LogP contribution is -2.64. The largest absolute Gasteiger partial charge is 0.394 e. The Morgan fingerprint density at radius 1 is 0.708 bits per heavy atom. The van der Waals surface area contributed by atoms with Gasteiger partial charge in [0, 0.05) is 0 Å². The van der Waals surface area contributed by atoms with E-state index in [1.165, 1.54) is 0 Å². The van der Waals surface area contributed by atoms with Gasteiger partial charge >= 0.3 is 0 Å². The lowest BCUT2D eigenvalue weighted by atomic mass is 9.97. The van der Waals surface area contributed by atoms with Crippen LogP contribution < -0.4 is 0 Å². The fraction of sp³-hybridized carbons (Fsp3) is 1.00. The van der Waals surface area contributed by atoms with Crippen molar-refractivity contribution in [3.8, 4) is 0 Å². The van der Waals surface area contributed by atoms with E-state index in [-0.39, 0.29) is 0 Å². The van der Waals surface area contributed by atoms with E-state index in [0.29, 0.717) is 0 Å². The highest BCUT2D eigenvalue weighted by Crippen LogP contribution is 2.29. The van der Waals surface area contributed by atoms with Crippen LogP contribution in [0, 0.1) is 0 Å². The highest BCUT2D eigenvalue weighted by atomic mass is 17.1. The van der Waals surface area contributed by atoms with Crippen LogP contribution in [-0.2, 0) is 19.1 Å². The second-order valence-electron chi connectivity index (χ2n) is 5.61. The van der Waals surface area contributed by atoms with Gasteiger partial charge in [-0.05, 0) is 0 Å². The first-order valence-electron chi connectivity index (χ1n) is 7.24. The van der Waals surface area contributed by atoms with Crippen LogP contribution in [-0.4, -0.2) is 116 Å². The minimum Gasteiger partial charge on any atom is -0.394 e. The Hall–Kier alpha value is -0.480. The molecule has 2 saturated heterocycles. The molecule has 2 heterocycles. The zero-order chi connectivity index (χ0) is 18.0. The number of rotatable bonds is 5. The number of hydrogen-bond acceptors (Lipinski definition) is 12. The van der Waals surface area contributed by atoms with Crippen LogP contribution in [0.4, 0.5) is 0 Å². The zero-order valence-corrected chi connectivity index (χ0v) is 12.4. The summed E-state index contributed by atoms with van der Waals surface area (Å²) in [4.78, 5) is 3.98. The molecule has 0 aliphatic carbocycles. The fourth-order valence-electron chi connectivity index (χ4n) is 2.68. The van der Waals surface area contributed by atoms with Crippen LogP contribution in [0.3, 0.4) is 0 Å². The maximum Gasteiger partial charge on any atom is 0.187 e. The van der Waals surface area contributed by atoms with E-state index in [2.05, 4.69) is 4.89 Å². The molecule has 24 heavy (non-hydrogen) atoms. The second-order valence-corrected chi connectivity index (χ2v) is 5.61. The molecule has 12 heteroatoms. The van der Waals surface area contributed by atoms with Gasteiger partial charge in [-0.3, -0.25) is 5.26 Å². The molecule has 0 aromatic heterocycles. The average molecular weight is 358 g/mol. The highest BCUT2D eigenvalue weighted by Gasteiger charge is 2.51. The Labute approximate surface area is 135 Å². The molecule has 2 aliphatic heterocycles. The summed E-state index contributed by atoms with van der Waals surface area (Å²) in [6.07, 6.45) is -15.7. The molecule has 8 N–H and O–H groups in total. The fourth-order valence-corrected chi connectivity index (χ4v) is 2.68. The number of aliphatic hydroxyl groups excluding tert-OH is 7. The smallest absolute Gasteiger partial charge is 0.187 e. The maximum absolute atomic E-state index is 10.0. The van der Waals surface area contributed by atoms with Gasteiger partial charge in [-0.1, -0.05) is 0 Å². The first-order chi connectivity index (χ1) is 11.3. The molecule has 0 aromatic rings. The minimum absolute atomic E-state index is 0.692. The van der Waals surface area contributed by atoms with Crippen LogP contribution in [0.2, 0.25) is 0 Å². The van der Waals surface area contributed by atoms with E-state index < -0.39 is 74.6 Å². The van der Waals surface area contributed by atoms with E-state index in [0.717, 1.165) is 0 Å². The van der Waals surface area contributed by atoms with Crippen LogP contribution in [0.5, 0.6) is 0 Å². The standard InChI is InChI=1S/C12H22O12/c13-1-3-5(15)10(24-20)8(18)12(22-3)23-9-4(2-14)21-11(19)7(17)6(9)16/h3-20H,1-2H2/t3-,4-,5-,6-,7-,8-,9-,10+,11-,12-/m1/s1. The Morgan fingerprint density at radius 3 is 1.88 bits per heavy atom. The number of hydrogen-bond donors (Lipinski definition) is 8. The Bertz CT molecular complexity index is 394. The van der Waals surface area contributed by atoms with E-state index >= 15 is 0 Å². The quantitative estimate of drug-likeness (QED) is 0.172. The molecule has 2 aliphatic rings. The van der Waals surface area contributed by atoms with Crippen LogP contribution in [0.15, 0.2) is 0 Å². The molecule has 2 fully saturated rings. The third-order valence-corrected chi connectivity index (χ3v) is 4.07. The molecule has 142 valence electrons. The Kier molecular flexibility index (Phi) is 6.83. The second kappa shape index (κ2) is 8.27. The predicted molar refractivity (Wildman–Crippen MR) is 70.1 cm³/mol. The third kappa shape index (κ3) is 3.70. The summed E-state index contributed by atoms with van der Waals surface area (Å²) in [7, 11) is 0. The molecule has 0 spiro atoms. The minimum atomic E-state index is -1.75. The van der Waals surface area contributed by atoms with Gasteiger partial charge in [0.2, 0.25) is 0 Å².